The van der Waals surface area contributed by atoms with Crippen LogP contribution in [0.25, 0.3) is 0 Å². The highest BCUT2D eigenvalue weighted by molar-refractivity contribution is 5.89. The Kier molecular flexibility index (Phi) is 5.74. The van der Waals surface area contributed by atoms with Crippen LogP contribution in [0.2, 0.25) is 0 Å². The van der Waals surface area contributed by atoms with Gasteiger partial charge in [-0.25, -0.2) is 4.79 Å². The van der Waals surface area contributed by atoms with Crippen LogP contribution in [0.1, 0.15) is 65.7 Å². The average Bonchev–Trinajstić information content (AvgIpc) is 3.27. The molecule has 1 saturated carbocycles. The summed E-state index contributed by atoms with van der Waals surface area (Å²) in [6.45, 7) is 13.2. The fraction of sp³-hybridized carbons (Fsp3) is 0.727. The fourth-order valence-corrected chi connectivity index (χ4v) is 4.44. The van der Waals surface area contributed by atoms with Crippen LogP contribution in [0.3, 0.4) is 0 Å². The largest absolute Gasteiger partial charge is 0.458 e. The van der Waals surface area contributed by atoms with Crippen LogP contribution in [0, 0.1) is 5.92 Å². The van der Waals surface area contributed by atoms with Gasteiger partial charge in [-0.1, -0.05) is 13.2 Å². The molecule has 6 heteroatoms. The number of epoxide rings is 1. The molecule has 0 radical (unpaired) electrons. The van der Waals surface area contributed by atoms with E-state index in [0.29, 0.717) is 31.3 Å². The lowest BCUT2D eigenvalue weighted by Gasteiger charge is -2.39. The molecule has 156 valence electrons. The lowest BCUT2D eigenvalue weighted by molar-refractivity contribution is -0.169. The van der Waals surface area contributed by atoms with E-state index in [0.717, 1.165) is 24.8 Å². The topological polar surface area (TPSA) is 85.4 Å². The van der Waals surface area contributed by atoms with Crippen LogP contribution in [0.15, 0.2) is 24.3 Å². The molecular formula is C22H32O6. The summed E-state index contributed by atoms with van der Waals surface area (Å²) >= 11 is 0. The molecule has 2 bridgehead atoms. The molecule has 0 amide bonds. The van der Waals surface area contributed by atoms with E-state index in [4.69, 9.17) is 14.2 Å². The Morgan fingerprint density at radius 3 is 2.57 bits per heavy atom. The Morgan fingerprint density at radius 2 is 1.89 bits per heavy atom. The van der Waals surface area contributed by atoms with E-state index in [1.165, 1.54) is 6.92 Å². The number of ether oxygens (including phenoxy) is 3. The van der Waals surface area contributed by atoms with E-state index in [9.17, 15) is 14.7 Å². The lowest BCUT2D eigenvalue weighted by Crippen LogP contribution is -2.47. The van der Waals surface area contributed by atoms with Crippen LogP contribution in [0.5, 0.6) is 0 Å². The molecule has 3 rings (SSSR count). The smallest absolute Gasteiger partial charge is 0.334 e. The molecule has 6 nitrogen and oxygen atoms in total. The number of hydrogen-bond acceptors (Lipinski definition) is 6. The highest BCUT2D eigenvalue weighted by Gasteiger charge is 2.52. The number of rotatable bonds is 1. The molecule has 0 spiro atoms. The maximum absolute atomic E-state index is 12.3. The van der Waals surface area contributed by atoms with E-state index in [2.05, 4.69) is 20.1 Å². The first-order valence-electron chi connectivity index (χ1n) is 10.2. The minimum Gasteiger partial charge on any atom is -0.458 e. The van der Waals surface area contributed by atoms with Gasteiger partial charge < -0.3 is 19.3 Å². The van der Waals surface area contributed by atoms with Gasteiger partial charge in [0.25, 0.3) is 0 Å². The van der Waals surface area contributed by atoms with E-state index >= 15 is 0 Å². The number of carbonyl (C=O) groups excluding carboxylic acids is 2. The van der Waals surface area contributed by atoms with E-state index in [-0.39, 0.29) is 23.6 Å². The van der Waals surface area contributed by atoms with Gasteiger partial charge in [0.1, 0.15) is 12.2 Å². The van der Waals surface area contributed by atoms with Crippen molar-refractivity contribution in [3.8, 4) is 0 Å². The molecule has 0 unspecified atom stereocenters. The Labute approximate surface area is 166 Å². The molecule has 0 aromatic rings. The third kappa shape index (κ3) is 4.49. The maximum atomic E-state index is 12.3. The standard InChI is InChI=1S/C22H32O6/c1-13-6-7-18-22(5,28-18)11-8-16-12-19(27-20(24)14(16)2)21(4,25)10-9-17(13)26-15(3)23/h16-19,25H,1-2,6-12H2,3-5H3/t16-,17-,18+,19-,21+,22+/m1/s1. The van der Waals surface area contributed by atoms with Crippen LogP contribution < -0.4 is 0 Å². The zero-order valence-electron chi connectivity index (χ0n) is 17.2. The summed E-state index contributed by atoms with van der Waals surface area (Å²) in [6.07, 6.45) is 3.48. The van der Waals surface area contributed by atoms with Crippen molar-refractivity contribution in [2.45, 2.75) is 95.2 Å². The van der Waals surface area contributed by atoms with Crippen molar-refractivity contribution in [3.63, 3.8) is 0 Å². The number of hydrogen-bond donors (Lipinski definition) is 1. The predicted molar refractivity (Wildman–Crippen MR) is 103 cm³/mol. The van der Waals surface area contributed by atoms with Crippen LogP contribution in [-0.2, 0) is 23.8 Å². The minimum absolute atomic E-state index is 0.0263. The summed E-state index contributed by atoms with van der Waals surface area (Å²) in [5.41, 5.74) is -0.125. The van der Waals surface area contributed by atoms with Crippen LogP contribution in [0.4, 0.5) is 0 Å². The zero-order valence-corrected chi connectivity index (χ0v) is 17.2. The average molecular weight is 392 g/mol. The van der Waals surface area contributed by atoms with Gasteiger partial charge in [-0.15, -0.1) is 0 Å². The molecule has 0 aromatic carbocycles. The molecule has 28 heavy (non-hydrogen) atoms. The van der Waals surface area contributed by atoms with Crippen molar-refractivity contribution >= 4 is 11.9 Å². The first kappa shape index (κ1) is 21.1. The summed E-state index contributed by atoms with van der Waals surface area (Å²) < 4.78 is 16.9. The maximum Gasteiger partial charge on any atom is 0.334 e. The Morgan fingerprint density at radius 1 is 1.18 bits per heavy atom. The Hall–Kier alpha value is -1.66. The highest BCUT2D eigenvalue weighted by Crippen LogP contribution is 2.46. The summed E-state index contributed by atoms with van der Waals surface area (Å²) in [5.74, 6) is -0.838. The van der Waals surface area contributed by atoms with E-state index < -0.39 is 23.8 Å². The van der Waals surface area contributed by atoms with Crippen molar-refractivity contribution in [2.75, 3.05) is 0 Å². The monoisotopic (exact) mass is 392 g/mol. The summed E-state index contributed by atoms with van der Waals surface area (Å²) in [6, 6.07) is 0. The second-order valence-corrected chi connectivity index (χ2v) is 9.00. The zero-order chi connectivity index (χ0) is 20.7. The third-order valence-electron chi connectivity index (χ3n) is 6.62. The molecule has 1 aliphatic carbocycles. The molecule has 1 N–H and O–H groups in total. The van der Waals surface area contributed by atoms with Gasteiger partial charge >= 0.3 is 11.9 Å². The Balaban J connectivity index is 1.82. The lowest BCUT2D eigenvalue weighted by atomic mass is 9.78. The van der Waals surface area contributed by atoms with Crippen molar-refractivity contribution < 1.29 is 28.9 Å². The number of esters is 2. The van der Waals surface area contributed by atoms with Gasteiger partial charge in [0.2, 0.25) is 0 Å². The molecule has 2 heterocycles. The quantitative estimate of drug-likeness (QED) is 0.319. The summed E-state index contributed by atoms with van der Waals surface area (Å²) in [7, 11) is 0. The molecule has 2 saturated heterocycles. The van der Waals surface area contributed by atoms with Crippen molar-refractivity contribution in [1.29, 1.82) is 0 Å². The van der Waals surface area contributed by atoms with Gasteiger partial charge in [-0.05, 0) is 70.3 Å². The number of aliphatic hydroxyl groups is 1. The summed E-state index contributed by atoms with van der Waals surface area (Å²) in [4.78, 5) is 23.9. The van der Waals surface area contributed by atoms with Crippen LogP contribution in [-0.4, -0.2) is 46.6 Å². The number of carbonyl (C=O) groups is 2. The van der Waals surface area contributed by atoms with Crippen molar-refractivity contribution in [2.24, 2.45) is 5.92 Å². The summed E-state index contributed by atoms with van der Waals surface area (Å²) in [5, 5.41) is 11.0. The predicted octanol–water partition coefficient (Wildman–Crippen LogP) is 3.22. The molecular weight excluding hydrogens is 360 g/mol. The van der Waals surface area contributed by atoms with Crippen molar-refractivity contribution in [1.82, 2.24) is 0 Å². The van der Waals surface area contributed by atoms with Gasteiger partial charge in [-0.3, -0.25) is 4.79 Å². The normalized spacial score (nSPS) is 42.1. The van der Waals surface area contributed by atoms with Gasteiger partial charge in [-0.2, -0.15) is 0 Å². The van der Waals surface area contributed by atoms with E-state index in [1.807, 2.05) is 0 Å². The second-order valence-electron chi connectivity index (χ2n) is 9.00. The third-order valence-corrected chi connectivity index (χ3v) is 6.62. The van der Waals surface area contributed by atoms with Gasteiger partial charge in [0.05, 0.1) is 17.3 Å². The SMILES string of the molecule is C=C1C(=O)O[C@@H]2C[C@H]1CC[C@]1(C)O[C@H]1CCC(=C)[C@H](OC(C)=O)CC[C@]2(C)O. The molecule has 2 aliphatic heterocycles. The van der Waals surface area contributed by atoms with E-state index in [1.54, 1.807) is 6.92 Å². The Bertz CT molecular complexity index is 681. The molecule has 6 atom stereocenters. The molecule has 3 fully saturated rings. The number of fused-ring (bicyclic) bond motifs is 3. The fourth-order valence-electron chi connectivity index (χ4n) is 4.44. The first-order valence-corrected chi connectivity index (χ1v) is 10.2. The molecule has 0 aromatic heterocycles. The van der Waals surface area contributed by atoms with Gasteiger partial charge in [0.15, 0.2) is 0 Å². The highest BCUT2D eigenvalue weighted by atomic mass is 16.6. The minimum atomic E-state index is -1.22. The van der Waals surface area contributed by atoms with Crippen LogP contribution >= 0.6 is 0 Å². The van der Waals surface area contributed by atoms with Gasteiger partial charge in [0, 0.05) is 12.5 Å². The molecule has 3 aliphatic rings. The first-order chi connectivity index (χ1) is 13.0. The van der Waals surface area contributed by atoms with Crippen molar-refractivity contribution in [3.05, 3.63) is 24.3 Å². The second kappa shape index (κ2) is 7.64.